The summed E-state index contributed by atoms with van der Waals surface area (Å²) < 4.78 is 40.5. The monoisotopic (exact) mass is 345 g/mol. The first-order valence-corrected chi connectivity index (χ1v) is 8.85. The lowest BCUT2D eigenvalue weighted by atomic mass is 10.3. The molecule has 0 amide bonds. The number of aryl methyl sites for hydroxylation is 1. The van der Waals surface area contributed by atoms with E-state index in [-0.39, 0.29) is 4.90 Å². The van der Waals surface area contributed by atoms with Crippen LogP contribution < -0.4 is 14.2 Å². The number of ether oxygens (including phenoxy) is 2. The Kier molecular flexibility index (Phi) is 3.34. The topological polar surface area (TPSA) is 82.5 Å². The van der Waals surface area contributed by atoms with Crippen LogP contribution in [0, 0.1) is 0 Å². The second-order valence-electron chi connectivity index (χ2n) is 5.47. The summed E-state index contributed by atoms with van der Waals surface area (Å²) in [6.07, 6.45) is 1.65. The maximum Gasteiger partial charge on any atom is 0.261 e. The number of hydrogen-bond acceptors (Lipinski definition) is 5. The lowest BCUT2D eigenvalue weighted by molar-refractivity contribution is 0.171. The molecular weight excluding hydrogens is 330 g/mol. The van der Waals surface area contributed by atoms with Crippen LogP contribution in [-0.2, 0) is 17.1 Å². The minimum absolute atomic E-state index is 0.156. The van der Waals surface area contributed by atoms with Crippen LogP contribution in [0.4, 0.5) is 5.69 Å². The lowest BCUT2D eigenvalue weighted by Crippen LogP contribution is -2.16. The van der Waals surface area contributed by atoms with E-state index >= 15 is 0 Å². The van der Waals surface area contributed by atoms with Crippen LogP contribution in [0.15, 0.2) is 47.6 Å². The number of nitrogens with one attached hydrogen (secondary N) is 1. The number of anilines is 1. The fourth-order valence-electron chi connectivity index (χ4n) is 2.60. The molecule has 2 aromatic carbocycles. The molecule has 1 aromatic heterocycles. The lowest BCUT2D eigenvalue weighted by Gasteiger charge is -2.19. The van der Waals surface area contributed by atoms with Crippen LogP contribution in [0.2, 0.25) is 0 Å². The van der Waals surface area contributed by atoms with Crippen molar-refractivity contribution in [2.24, 2.45) is 7.05 Å². The first kappa shape index (κ1) is 14.8. The minimum atomic E-state index is -3.72. The molecule has 4 rings (SSSR count). The highest BCUT2D eigenvalue weighted by Crippen LogP contribution is 2.33. The van der Waals surface area contributed by atoms with E-state index in [4.69, 9.17) is 9.47 Å². The fraction of sp³-hybridized carbons (Fsp3) is 0.188. The SMILES string of the molecule is Cn1cnc2cc(S(=O)(=O)Nc3ccc4c(c3)OCCO4)ccc21. The highest BCUT2D eigenvalue weighted by molar-refractivity contribution is 7.92. The summed E-state index contributed by atoms with van der Waals surface area (Å²) in [6, 6.07) is 9.80. The van der Waals surface area contributed by atoms with Gasteiger partial charge in [0.2, 0.25) is 0 Å². The van der Waals surface area contributed by atoms with E-state index < -0.39 is 10.0 Å². The molecule has 0 atom stereocenters. The maximum atomic E-state index is 12.6. The average molecular weight is 345 g/mol. The zero-order chi connectivity index (χ0) is 16.7. The van der Waals surface area contributed by atoms with Gasteiger partial charge in [0.15, 0.2) is 11.5 Å². The summed E-state index contributed by atoms with van der Waals surface area (Å²) >= 11 is 0. The number of fused-ring (bicyclic) bond motifs is 2. The van der Waals surface area contributed by atoms with Gasteiger partial charge in [-0.2, -0.15) is 0 Å². The number of aromatic nitrogens is 2. The minimum Gasteiger partial charge on any atom is -0.486 e. The Labute approximate surface area is 138 Å². The van der Waals surface area contributed by atoms with Crippen molar-refractivity contribution >= 4 is 26.7 Å². The Hall–Kier alpha value is -2.74. The summed E-state index contributed by atoms with van der Waals surface area (Å²) in [7, 11) is -1.86. The van der Waals surface area contributed by atoms with Gasteiger partial charge in [-0.1, -0.05) is 0 Å². The molecule has 1 N–H and O–H groups in total. The molecular formula is C16H15N3O4S. The number of benzene rings is 2. The van der Waals surface area contributed by atoms with Crippen molar-refractivity contribution in [2.75, 3.05) is 17.9 Å². The molecule has 0 radical (unpaired) electrons. The molecule has 0 fully saturated rings. The van der Waals surface area contributed by atoms with Crippen LogP contribution in [0.3, 0.4) is 0 Å². The van der Waals surface area contributed by atoms with Gasteiger partial charge in [0.05, 0.1) is 27.9 Å². The Morgan fingerprint density at radius 1 is 1.08 bits per heavy atom. The van der Waals surface area contributed by atoms with E-state index in [0.717, 1.165) is 5.52 Å². The second-order valence-corrected chi connectivity index (χ2v) is 7.15. The van der Waals surface area contributed by atoms with Crippen LogP contribution in [-0.4, -0.2) is 31.2 Å². The molecule has 0 saturated carbocycles. The molecule has 124 valence electrons. The molecule has 7 nitrogen and oxygen atoms in total. The molecule has 24 heavy (non-hydrogen) atoms. The Morgan fingerprint density at radius 2 is 1.88 bits per heavy atom. The summed E-state index contributed by atoms with van der Waals surface area (Å²) in [5.41, 5.74) is 1.91. The molecule has 3 aromatic rings. The maximum absolute atomic E-state index is 12.6. The van der Waals surface area contributed by atoms with E-state index in [0.29, 0.717) is 35.9 Å². The number of imidazole rings is 1. The first-order chi connectivity index (χ1) is 11.5. The normalized spacial score (nSPS) is 13.9. The highest BCUT2D eigenvalue weighted by Gasteiger charge is 2.18. The van der Waals surface area contributed by atoms with Crippen LogP contribution in [0.1, 0.15) is 0 Å². The van der Waals surface area contributed by atoms with Crippen molar-refractivity contribution in [1.82, 2.24) is 9.55 Å². The zero-order valence-corrected chi connectivity index (χ0v) is 13.7. The zero-order valence-electron chi connectivity index (χ0n) is 12.9. The van der Waals surface area contributed by atoms with Gasteiger partial charge in [0, 0.05) is 13.1 Å². The molecule has 0 unspecified atom stereocenters. The van der Waals surface area contributed by atoms with Crippen molar-refractivity contribution < 1.29 is 17.9 Å². The number of rotatable bonds is 3. The highest BCUT2D eigenvalue weighted by atomic mass is 32.2. The van der Waals surface area contributed by atoms with Gasteiger partial charge >= 0.3 is 0 Å². The third kappa shape index (κ3) is 2.54. The van der Waals surface area contributed by atoms with E-state index in [9.17, 15) is 8.42 Å². The predicted octanol–water partition coefficient (Wildman–Crippen LogP) is 2.15. The number of sulfonamides is 1. The van der Waals surface area contributed by atoms with Gasteiger partial charge < -0.3 is 14.0 Å². The smallest absolute Gasteiger partial charge is 0.261 e. The fourth-order valence-corrected chi connectivity index (χ4v) is 3.67. The van der Waals surface area contributed by atoms with Crippen LogP contribution in [0.5, 0.6) is 11.5 Å². The quantitative estimate of drug-likeness (QED) is 0.786. The van der Waals surface area contributed by atoms with Gasteiger partial charge in [0.25, 0.3) is 10.0 Å². The van der Waals surface area contributed by atoms with Crippen molar-refractivity contribution in [3.63, 3.8) is 0 Å². The molecule has 1 aliphatic heterocycles. The largest absolute Gasteiger partial charge is 0.486 e. The predicted molar refractivity (Wildman–Crippen MR) is 89.0 cm³/mol. The standard InChI is InChI=1S/C16H15N3O4S/c1-19-10-17-13-9-12(3-4-14(13)19)24(20,21)18-11-2-5-15-16(8-11)23-7-6-22-15/h2-5,8-10,18H,6-7H2,1H3. The number of nitrogens with zero attached hydrogens (tertiary/aromatic N) is 2. The Bertz CT molecular complexity index is 1030. The van der Waals surface area contributed by atoms with Crippen molar-refractivity contribution in [1.29, 1.82) is 0 Å². The number of hydrogen-bond donors (Lipinski definition) is 1. The Morgan fingerprint density at radius 3 is 2.71 bits per heavy atom. The molecule has 0 bridgehead atoms. The van der Waals surface area contributed by atoms with Crippen molar-refractivity contribution in [3.8, 4) is 11.5 Å². The summed E-state index contributed by atoms with van der Waals surface area (Å²) in [6.45, 7) is 0.932. The Balaban J connectivity index is 1.66. The second kappa shape index (κ2) is 5.41. The van der Waals surface area contributed by atoms with Crippen molar-refractivity contribution in [3.05, 3.63) is 42.7 Å². The molecule has 0 saturated heterocycles. The van der Waals surface area contributed by atoms with Crippen molar-refractivity contribution in [2.45, 2.75) is 4.90 Å². The van der Waals surface area contributed by atoms with Crippen LogP contribution >= 0.6 is 0 Å². The molecule has 0 spiro atoms. The molecule has 1 aliphatic rings. The van der Waals surface area contributed by atoms with Crippen LogP contribution in [0.25, 0.3) is 11.0 Å². The summed E-state index contributed by atoms with van der Waals surface area (Å²) in [4.78, 5) is 4.35. The third-order valence-electron chi connectivity index (χ3n) is 3.80. The van der Waals surface area contributed by atoms with E-state index in [1.165, 1.54) is 0 Å². The van der Waals surface area contributed by atoms with Gasteiger partial charge in [-0.15, -0.1) is 0 Å². The summed E-state index contributed by atoms with van der Waals surface area (Å²) in [5.74, 6) is 1.14. The average Bonchev–Trinajstić information content (AvgIpc) is 2.95. The molecule has 2 heterocycles. The van der Waals surface area contributed by atoms with E-state index in [1.807, 2.05) is 11.6 Å². The van der Waals surface area contributed by atoms with Gasteiger partial charge in [0.1, 0.15) is 13.2 Å². The van der Waals surface area contributed by atoms with E-state index in [2.05, 4.69) is 9.71 Å². The molecule has 8 heteroatoms. The van der Waals surface area contributed by atoms with E-state index in [1.54, 1.807) is 42.7 Å². The summed E-state index contributed by atoms with van der Waals surface area (Å²) in [5, 5.41) is 0. The van der Waals surface area contributed by atoms with Gasteiger partial charge in [-0.05, 0) is 30.3 Å². The molecule has 0 aliphatic carbocycles. The first-order valence-electron chi connectivity index (χ1n) is 7.36. The third-order valence-corrected chi connectivity index (χ3v) is 5.18. The van der Waals surface area contributed by atoms with Gasteiger partial charge in [-0.3, -0.25) is 4.72 Å². The van der Waals surface area contributed by atoms with Gasteiger partial charge in [-0.25, -0.2) is 13.4 Å².